The molecular weight excluding hydrogens is 382 g/mol. The molecule has 1 atom stereocenters. The van der Waals surface area contributed by atoms with Gasteiger partial charge in [-0.2, -0.15) is 0 Å². The maximum Gasteiger partial charge on any atom is 0.231 e. The number of rotatable bonds is 6. The number of hydrogen-bond acceptors (Lipinski definition) is 6. The molecule has 3 heterocycles. The van der Waals surface area contributed by atoms with Gasteiger partial charge in [-0.15, -0.1) is 10.2 Å². The highest BCUT2D eigenvalue weighted by molar-refractivity contribution is 5.79. The molecule has 4 rings (SSSR count). The molecule has 1 aliphatic heterocycles. The first-order valence-corrected chi connectivity index (χ1v) is 10.1. The lowest BCUT2D eigenvalue weighted by atomic mass is 9.97. The molecule has 30 heavy (non-hydrogen) atoms. The summed E-state index contributed by atoms with van der Waals surface area (Å²) >= 11 is 0. The molecule has 8 nitrogen and oxygen atoms in total. The fraction of sp³-hybridized carbons (Fsp3) is 0.409. The molecule has 2 aromatic heterocycles. The van der Waals surface area contributed by atoms with Gasteiger partial charge in [0.25, 0.3) is 0 Å². The zero-order valence-corrected chi connectivity index (χ0v) is 17.6. The highest BCUT2D eigenvalue weighted by Crippen LogP contribution is 2.26. The number of carbonyl (C=O) groups excluding carboxylic acids is 1. The third kappa shape index (κ3) is 3.90. The lowest BCUT2D eigenvalue weighted by Gasteiger charge is -2.32. The third-order valence-electron chi connectivity index (χ3n) is 5.62. The molecule has 1 saturated heterocycles. The van der Waals surface area contributed by atoms with E-state index in [9.17, 15) is 4.79 Å². The summed E-state index contributed by atoms with van der Waals surface area (Å²) < 4.78 is 12.7. The lowest BCUT2D eigenvalue weighted by Crippen LogP contribution is -2.43. The number of amides is 1. The van der Waals surface area contributed by atoms with E-state index in [1.54, 1.807) is 14.2 Å². The second kappa shape index (κ2) is 8.61. The van der Waals surface area contributed by atoms with Crippen molar-refractivity contribution in [2.45, 2.75) is 26.3 Å². The second-order valence-electron chi connectivity index (χ2n) is 7.54. The molecule has 0 radical (unpaired) electrons. The number of anilines is 1. The predicted octanol–water partition coefficient (Wildman–Crippen LogP) is 2.59. The largest absolute Gasteiger partial charge is 0.497 e. The van der Waals surface area contributed by atoms with Crippen molar-refractivity contribution in [3.8, 4) is 11.5 Å². The Morgan fingerprint density at radius 1 is 1.20 bits per heavy atom. The fourth-order valence-electron chi connectivity index (χ4n) is 4.01. The molecule has 1 amide bonds. The second-order valence-corrected chi connectivity index (χ2v) is 7.54. The van der Waals surface area contributed by atoms with Crippen molar-refractivity contribution in [1.82, 2.24) is 19.9 Å². The van der Waals surface area contributed by atoms with Gasteiger partial charge < -0.3 is 19.7 Å². The van der Waals surface area contributed by atoms with Gasteiger partial charge in [0.05, 0.1) is 20.1 Å². The number of nitrogens with one attached hydrogen (secondary N) is 1. The number of piperidine rings is 1. The van der Waals surface area contributed by atoms with E-state index in [2.05, 4.69) is 20.4 Å². The van der Waals surface area contributed by atoms with Crippen LogP contribution in [0, 0.1) is 12.8 Å². The first kappa shape index (κ1) is 20.0. The molecule has 1 fully saturated rings. The third-order valence-corrected chi connectivity index (χ3v) is 5.62. The molecule has 0 spiro atoms. The Labute approximate surface area is 175 Å². The monoisotopic (exact) mass is 409 g/mol. The molecule has 1 aromatic carbocycles. The number of fused-ring (bicyclic) bond motifs is 1. The van der Waals surface area contributed by atoms with Gasteiger partial charge in [0.1, 0.15) is 11.5 Å². The zero-order chi connectivity index (χ0) is 21.1. The molecular formula is C22H27N5O3. The molecule has 1 N–H and O–H groups in total. The summed E-state index contributed by atoms with van der Waals surface area (Å²) in [7, 11) is 3.24. The Bertz CT molecular complexity index is 1050. The van der Waals surface area contributed by atoms with E-state index < -0.39 is 0 Å². The highest BCUT2D eigenvalue weighted by atomic mass is 16.5. The molecule has 0 saturated carbocycles. The van der Waals surface area contributed by atoms with Gasteiger partial charge in [-0.3, -0.25) is 9.20 Å². The summed E-state index contributed by atoms with van der Waals surface area (Å²) in [6.45, 7) is 3.91. The van der Waals surface area contributed by atoms with E-state index in [0.717, 1.165) is 53.7 Å². The SMILES string of the molecule is COc1ccc(OC)c(CNC(=O)C2CCCN(c3nnc4cccc(C)n34)C2)c1. The van der Waals surface area contributed by atoms with Crippen molar-refractivity contribution in [2.24, 2.45) is 5.92 Å². The van der Waals surface area contributed by atoms with Crippen LogP contribution in [-0.2, 0) is 11.3 Å². The number of nitrogens with zero attached hydrogens (tertiary/aromatic N) is 4. The quantitative estimate of drug-likeness (QED) is 0.674. The Kier molecular flexibility index (Phi) is 5.74. The summed E-state index contributed by atoms with van der Waals surface area (Å²) in [4.78, 5) is 15.1. The Morgan fingerprint density at radius 3 is 2.87 bits per heavy atom. The van der Waals surface area contributed by atoms with Crippen molar-refractivity contribution in [3.05, 3.63) is 47.7 Å². The molecule has 1 aliphatic rings. The minimum Gasteiger partial charge on any atom is -0.497 e. The van der Waals surface area contributed by atoms with E-state index in [-0.39, 0.29) is 11.8 Å². The number of carbonyl (C=O) groups is 1. The van der Waals surface area contributed by atoms with Crippen molar-refractivity contribution >= 4 is 17.5 Å². The van der Waals surface area contributed by atoms with Crippen molar-refractivity contribution in [1.29, 1.82) is 0 Å². The van der Waals surface area contributed by atoms with Gasteiger partial charge in [-0.1, -0.05) is 6.07 Å². The average Bonchev–Trinajstić information content (AvgIpc) is 3.23. The van der Waals surface area contributed by atoms with E-state index >= 15 is 0 Å². The Balaban J connectivity index is 1.45. The van der Waals surface area contributed by atoms with Crippen molar-refractivity contribution in [2.75, 3.05) is 32.2 Å². The van der Waals surface area contributed by atoms with Crippen LogP contribution in [0.15, 0.2) is 36.4 Å². The lowest BCUT2D eigenvalue weighted by molar-refractivity contribution is -0.125. The topological polar surface area (TPSA) is 81.0 Å². The summed E-state index contributed by atoms with van der Waals surface area (Å²) in [6, 6.07) is 11.5. The summed E-state index contributed by atoms with van der Waals surface area (Å²) in [6.07, 6.45) is 1.79. The number of methoxy groups -OCH3 is 2. The van der Waals surface area contributed by atoms with Gasteiger partial charge >= 0.3 is 0 Å². The highest BCUT2D eigenvalue weighted by Gasteiger charge is 2.28. The first-order chi connectivity index (χ1) is 14.6. The van der Waals surface area contributed by atoms with Crippen molar-refractivity contribution < 1.29 is 14.3 Å². The van der Waals surface area contributed by atoms with Crippen LogP contribution in [0.3, 0.4) is 0 Å². The summed E-state index contributed by atoms with van der Waals surface area (Å²) in [5, 5.41) is 11.7. The maximum atomic E-state index is 12.9. The standard InChI is InChI=1S/C22H27N5O3/c1-15-6-4-8-20-24-25-22(27(15)20)26-11-5-7-16(14-26)21(28)23-13-17-12-18(29-2)9-10-19(17)30-3/h4,6,8-10,12,16H,5,7,11,13-14H2,1-3H3,(H,23,28). The van der Waals surface area contributed by atoms with E-state index in [0.29, 0.717) is 13.1 Å². The number of aryl methyl sites for hydroxylation is 1. The number of ether oxygens (including phenoxy) is 2. The van der Waals surface area contributed by atoms with Gasteiger partial charge in [0, 0.05) is 30.9 Å². The van der Waals surface area contributed by atoms with Gasteiger partial charge in [0.15, 0.2) is 5.65 Å². The van der Waals surface area contributed by atoms with Gasteiger partial charge in [0.2, 0.25) is 11.9 Å². The average molecular weight is 409 g/mol. The normalized spacial score (nSPS) is 16.5. The molecule has 3 aromatic rings. The number of hydrogen-bond donors (Lipinski definition) is 1. The maximum absolute atomic E-state index is 12.9. The van der Waals surface area contributed by atoms with Crippen LogP contribution in [0.2, 0.25) is 0 Å². The molecule has 0 bridgehead atoms. The van der Waals surface area contributed by atoms with Crippen LogP contribution >= 0.6 is 0 Å². The summed E-state index contributed by atoms with van der Waals surface area (Å²) in [5.74, 6) is 2.20. The Morgan fingerprint density at radius 2 is 2.07 bits per heavy atom. The number of aromatic nitrogens is 3. The van der Waals surface area contributed by atoms with Crippen LogP contribution in [0.1, 0.15) is 24.1 Å². The van der Waals surface area contributed by atoms with Crippen molar-refractivity contribution in [3.63, 3.8) is 0 Å². The van der Waals surface area contributed by atoms with Crippen LogP contribution in [-0.4, -0.2) is 47.8 Å². The zero-order valence-electron chi connectivity index (χ0n) is 17.6. The smallest absolute Gasteiger partial charge is 0.231 e. The Hall–Kier alpha value is -3.29. The molecule has 0 aliphatic carbocycles. The molecule has 8 heteroatoms. The minimum atomic E-state index is -0.105. The van der Waals surface area contributed by atoms with Crippen LogP contribution in [0.25, 0.3) is 5.65 Å². The first-order valence-electron chi connectivity index (χ1n) is 10.1. The number of pyridine rings is 1. The van der Waals surface area contributed by atoms with E-state index in [1.807, 2.05) is 47.7 Å². The minimum absolute atomic E-state index is 0.0371. The van der Waals surface area contributed by atoms with E-state index in [4.69, 9.17) is 9.47 Å². The molecule has 1 unspecified atom stereocenters. The van der Waals surface area contributed by atoms with Gasteiger partial charge in [-0.25, -0.2) is 0 Å². The van der Waals surface area contributed by atoms with Crippen LogP contribution in [0.5, 0.6) is 11.5 Å². The van der Waals surface area contributed by atoms with Crippen LogP contribution in [0.4, 0.5) is 5.95 Å². The van der Waals surface area contributed by atoms with E-state index in [1.165, 1.54) is 0 Å². The fourth-order valence-corrected chi connectivity index (χ4v) is 4.01. The summed E-state index contributed by atoms with van der Waals surface area (Å²) in [5.41, 5.74) is 2.78. The van der Waals surface area contributed by atoms with Crippen LogP contribution < -0.4 is 19.7 Å². The van der Waals surface area contributed by atoms with Gasteiger partial charge in [-0.05, 0) is 50.1 Å². The molecule has 158 valence electrons. The predicted molar refractivity (Wildman–Crippen MR) is 114 cm³/mol. The number of benzene rings is 1.